The van der Waals surface area contributed by atoms with Crippen molar-refractivity contribution in [3.05, 3.63) is 47.6 Å². The van der Waals surface area contributed by atoms with Gasteiger partial charge in [0.15, 0.2) is 0 Å². The maximum atomic E-state index is 5.37. The van der Waals surface area contributed by atoms with E-state index in [0.717, 1.165) is 30.2 Å². The third-order valence-electron chi connectivity index (χ3n) is 4.42. The van der Waals surface area contributed by atoms with E-state index < -0.39 is 0 Å². The fourth-order valence-corrected chi connectivity index (χ4v) is 3.40. The summed E-state index contributed by atoms with van der Waals surface area (Å²) in [6, 6.07) is -0.0370. The summed E-state index contributed by atoms with van der Waals surface area (Å²) >= 11 is 0. The Labute approximate surface area is 140 Å². The highest BCUT2D eigenvalue weighted by atomic mass is 16.7. The van der Waals surface area contributed by atoms with Crippen LogP contribution in [0.4, 0.5) is 0 Å². The van der Waals surface area contributed by atoms with Crippen LogP contribution in [0.3, 0.4) is 0 Å². The molecule has 0 fully saturated rings. The molecule has 0 saturated heterocycles. The zero-order chi connectivity index (χ0) is 16.7. The zero-order valence-corrected chi connectivity index (χ0v) is 14.1. The van der Waals surface area contributed by atoms with Crippen molar-refractivity contribution < 1.29 is 4.84 Å². The molecule has 24 heavy (non-hydrogen) atoms. The summed E-state index contributed by atoms with van der Waals surface area (Å²) in [6.45, 7) is 5.88. The van der Waals surface area contributed by atoms with E-state index in [9.17, 15) is 0 Å². The Kier molecular flexibility index (Phi) is 3.61. The average Bonchev–Trinajstić information content (AvgIpc) is 3.23. The van der Waals surface area contributed by atoms with E-state index in [1.54, 1.807) is 18.4 Å². The molecule has 0 amide bonds. The van der Waals surface area contributed by atoms with E-state index in [4.69, 9.17) is 9.83 Å². The lowest BCUT2D eigenvalue weighted by Crippen LogP contribution is -2.40. The van der Waals surface area contributed by atoms with Crippen LogP contribution in [0.1, 0.15) is 26.3 Å². The van der Waals surface area contributed by atoms with Crippen molar-refractivity contribution in [1.82, 2.24) is 29.9 Å². The fraction of sp³-hybridized carbons (Fsp3) is 0.438. The van der Waals surface area contributed by atoms with Gasteiger partial charge in [-0.3, -0.25) is 9.83 Å². The van der Waals surface area contributed by atoms with Gasteiger partial charge in [-0.1, -0.05) is 12.1 Å². The Balaban J connectivity index is 1.80. The molecule has 8 nitrogen and oxygen atoms in total. The first kappa shape index (κ1) is 14.9. The quantitative estimate of drug-likeness (QED) is 0.838. The predicted molar refractivity (Wildman–Crippen MR) is 89.0 cm³/mol. The summed E-state index contributed by atoms with van der Waals surface area (Å²) < 4.78 is 1.86. The van der Waals surface area contributed by atoms with Gasteiger partial charge in [-0.2, -0.15) is 0 Å². The van der Waals surface area contributed by atoms with Gasteiger partial charge in [-0.25, -0.2) is 9.75 Å². The van der Waals surface area contributed by atoms with Crippen LogP contribution in [0.25, 0.3) is 0 Å². The number of aliphatic imine (C=N–C) groups is 1. The van der Waals surface area contributed by atoms with Crippen LogP contribution in [-0.2, 0) is 4.84 Å². The second-order valence-corrected chi connectivity index (χ2v) is 6.04. The maximum absolute atomic E-state index is 5.37. The van der Waals surface area contributed by atoms with Crippen LogP contribution < -0.4 is 0 Å². The molecule has 0 spiro atoms. The third kappa shape index (κ3) is 2.22. The van der Waals surface area contributed by atoms with Gasteiger partial charge >= 0.3 is 0 Å². The summed E-state index contributed by atoms with van der Waals surface area (Å²) in [5.74, 6) is 1.09. The molecule has 0 N–H and O–H groups in total. The number of allylic oxidation sites excluding steroid dienone is 2. The minimum Gasteiger partial charge on any atom is -0.333 e. The molecule has 8 heteroatoms. The van der Waals surface area contributed by atoms with Crippen molar-refractivity contribution in [2.75, 3.05) is 20.3 Å². The molecular weight excluding hydrogens is 306 g/mol. The minimum absolute atomic E-state index is 0.0370. The van der Waals surface area contributed by atoms with Crippen molar-refractivity contribution >= 4 is 6.21 Å². The standard InChI is InChI=1S/C16H21N7O/c1-4-6-20-9-12(2)15(23-7-5-18-19-23)14-16(20)22-11-21(24-3)10-13(22)8-17-14/h5,7-10,15H,4,6,11H2,1-3H3. The van der Waals surface area contributed by atoms with Crippen molar-refractivity contribution in [3.8, 4) is 0 Å². The van der Waals surface area contributed by atoms with Gasteiger partial charge in [-0.15, -0.1) is 5.10 Å². The van der Waals surface area contributed by atoms with Crippen molar-refractivity contribution in [2.45, 2.75) is 26.3 Å². The first-order valence-corrected chi connectivity index (χ1v) is 8.12. The molecule has 3 aliphatic heterocycles. The number of aromatic nitrogens is 3. The van der Waals surface area contributed by atoms with E-state index >= 15 is 0 Å². The summed E-state index contributed by atoms with van der Waals surface area (Å²) in [6.07, 6.45) is 10.7. The minimum atomic E-state index is -0.0370. The van der Waals surface area contributed by atoms with E-state index in [1.165, 1.54) is 5.57 Å². The third-order valence-corrected chi connectivity index (χ3v) is 4.42. The van der Waals surface area contributed by atoms with Crippen LogP contribution in [0.15, 0.2) is 52.6 Å². The molecule has 1 aromatic heterocycles. The number of hydrogen-bond acceptors (Lipinski definition) is 7. The summed E-state index contributed by atoms with van der Waals surface area (Å²) in [5, 5.41) is 9.96. The number of rotatable bonds is 4. The van der Waals surface area contributed by atoms with E-state index in [0.29, 0.717) is 6.67 Å². The Morgan fingerprint density at radius 1 is 1.33 bits per heavy atom. The zero-order valence-electron chi connectivity index (χ0n) is 14.1. The molecule has 0 aliphatic carbocycles. The smallest absolute Gasteiger partial charge is 0.139 e. The fourth-order valence-electron chi connectivity index (χ4n) is 3.40. The molecule has 0 radical (unpaired) electrons. The number of fused-ring (bicyclic) bond motifs is 2. The highest BCUT2D eigenvalue weighted by Gasteiger charge is 2.38. The molecule has 126 valence electrons. The monoisotopic (exact) mass is 327 g/mol. The van der Waals surface area contributed by atoms with Gasteiger partial charge in [-0.05, 0) is 18.9 Å². The second kappa shape index (κ2) is 5.79. The molecule has 1 atom stereocenters. The molecule has 0 bridgehead atoms. The van der Waals surface area contributed by atoms with Gasteiger partial charge in [0.25, 0.3) is 0 Å². The van der Waals surface area contributed by atoms with Crippen LogP contribution in [0.2, 0.25) is 0 Å². The molecule has 1 unspecified atom stereocenters. The topological polar surface area (TPSA) is 62.0 Å². The molecule has 0 aromatic carbocycles. The van der Waals surface area contributed by atoms with E-state index in [2.05, 4.69) is 40.2 Å². The van der Waals surface area contributed by atoms with Gasteiger partial charge < -0.3 is 9.80 Å². The number of nitrogens with zero attached hydrogens (tertiary/aromatic N) is 7. The average molecular weight is 327 g/mol. The van der Waals surface area contributed by atoms with Gasteiger partial charge in [0.2, 0.25) is 0 Å². The molecule has 1 aromatic rings. The first-order chi connectivity index (χ1) is 11.7. The Morgan fingerprint density at radius 3 is 2.92 bits per heavy atom. The van der Waals surface area contributed by atoms with Crippen LogP contribution in [-0.4, -0.2) is 56.4 Å². The van der Waals surface area contributed by atoms with Gasteiger partial charge in [0.1, 0.15) is 24.2 Å². The van der Waals surface area contributed by atoms with Crippen LogP contribution >= 0.6 is 0 Å². The number of hydrogen-bond donors (Lipinski definition) is 0. The normalized spacial score (nSPS) is 22.6. The predicted octanol–water partition coefficient (Wildman–Crippen LogP) is 1.68. The molecule has 3 aliphatic rings. The van der Waals surface area contributed by atoms with Gasteiger partial charge in [0, 0.05) is 18.9 Å². The summed E-state index contributed by atoms with van der Waals surface area (Å²) in [4.78, 5) is 14.7. The lowest BCUT2D eigenvalue weighted by atomic mass is 10.0. The van der Waals surface area contributed by atoms with E-state index in [1.807, 2.05) is 23.3 Å². The lowest BCUT2D eigenvalue weighted by molar-refractivity contribution is -0.0968. The number of hydroxylamine groups is 2. The van der Waals surface area contributed by atoms with Crippen LogP contribution in [0, 0.1) is 0 Å². The maximum Gasteiger partial charge on any atom is 0.139 e. The Hall–Kier alpha value is -2.61. The van der Waals surface area contributed by atoms with E-state index in [-0.39, 0.29) is 6.04 Å². The second-order valence-electron chi connectivity index (χ2n) is 6.04. The molecule has 4 rings (SSSR count). The summed E-state index contributed by atoms with van der Waals surface area (Å²) in [5.41, 5.74) is 3.21. The summed E-state index contributed by atoms with van der Waals surface area (Å²) in [7, 11) is 1.68. The van der Waals surface area contributed by atoms with Crippen molar-refractivity contribution in [2.24, 2.45) is 4.99 Å². The van der Waals surface area contributed by atoms with Crippen molar-refractivity contribution in [1.29, 1.82) is 0 Å². The SMILES string of the molecule is CCCN1C=C(C)C(n2ccnn2)C2=C1N1CN(OC)C=C1C=N2. The molecular formula is C16H21N7O. The molecule has 0 saturated carbocycles. The highest BCUT2D eigenvalue weighted by Crippen LogP contribution is 2.40. The Bertz CT molecular complexity index is 746. The molecule has 4 heterocycles. The van der Waals surface area contributed by atoms with Crippen LogP contribution in [0.5, 0.6) is 0 Å². The highest BCUT2D eigenvalue weighted by molar-refractivity contribution is 5.81. The Morgan fingerprint density at radius 2 is 2.21 bits per heavy atom. The van der Waals surface area contributed by atoms with Gasteiger partial charge in [0.05, 0.1) is 31.4 Å². The van der Waals surface area contributed by atoms with Crippen molar-refractivity contribution in [3.63, 3.8) is 0 Å². The first-order valence-electron chi connectivity index (χ1n) is 8.12. The lowest BCUT2D eigenvalue weighted by Gasteiger charge is -2.40. The largest absolute Gasteiger partial charge is 0.333 e.